The number of aliphatic carboxylic acids is 1. The van der Waals surface area contributed by atoms with Crippen molar-refractivity contribution in [2.45, 2.75) is 64.5 Å². The van der Waals surface area contributed by atoms with E-state index < -0.39 is 30.1 Å². The van der Waals surface area contributed by atoms with Gasteiger partial charge in [0.25, 0.3) is 0 Å². The van der Waals surface area contributed by atoms with Crippen LogP contribution in [0.4, 0.5) is 4.79 Å². The van der Waals surface area contributed by atoms with Gasteiger partial charge in [-0.2, -0.15) is 0 Å². The Hall–Kier alpha value is -3.35. The highest BCUT2D eigenvalue weighted by atomic mass is 16.5. The van der Waals surface area contributed by atoms with Gasteiger partial charge in [-0.15, -0.1) is 0 Å². The molecule has 0 heterocycles. The maximum atomic E-state index is 12.6. The molecule has 3 N–H and O–H groups in total. The van der Waals surface area contributed by atoms with E-state index in [1.807, 2.05) is 38.1 Å². The lowest BCUT2D eigenvalue weighted by Gasteiger charge is -2.23. The van der Waals surface area contributed by atoms with E-state index in [1.165, 1.54) is 0 Å². The van der Waals surface area contributed by atoms with E-state index in [0.29, 0.717) is 12.8 Å². The van der Waals surface area contributed by atoms with E-state index in [0.717, 1.165) is 28.7 Å². The number of hydrogen-bond acceptors (Lipinski definition) is 4. The topological polar surface area (TPSA) is 105 Å². The number of carbonyl (C=O) groups excluding carboxylic acids is 2. The minimum absolute atomic E-state index is 0.00174. The van der Waals surface area contributed by atoms with Crippen molar-refractivity contribution < 1.29 is 24.2 Å². The molecule has 1 aliphatic carbocycles. The molecule has 0 radical (unpaired) electrons. The molecule has 0 saturated carbocycles. The molecule has 2 aromatic rings. The molecule has 2 amide bonds. The summed E-state index contributed by atoms with van der Waals surface area (Å²) < 4.78 is 5.60. The first kappa shape index (κ1) is 25.3. The Balaban J connectivity index is 1.59. The van der Waals surface area contributed by atoms with Crippen molar-refractivity contribution in [3.05, 3.63) is 59.7 Å². The van der Waals surface area contributed by atoms with Gasteiger partial charge < -0.3 is 20.5 Å². The minimum atomic E-state index is -1.06. The normalized spacial score (nSPS) is 14.9. The fourth-order valence-electron chi connectivity index (χ4n) is 4.52. The second-order valence-electron chi connectivity index (χ2n) is 8.93. The van der Waals surface area contributed by atoms with Gasteiger partial charge in [-0.25, -0.2) is 9.59 Å². The van der Waals surface area contributed by atoms with Crippen LogP contribution in [0.25, 0.3) is 11.1 Å². The number of hydrogen-bond donors (Lipinski definition) is 3. The molecule has 7 heteroatoms. The molecule has 34 heavy (non-hydrogen) atoms. The molecule has 3 rings (SSSR count). The molecule has 2 aromatic carbocycles. The highest BCUT2D eigenvalue weighted by molar-refractivity contribution is 5.84. The number of ether oxygens (including phenoxy) is 1. The van der Waals surface area contributed by atoms with Gasteiger partial charge in [0.2, 0.25) is 5.91 Å². The predicted octanol–water partition coefficient (Wildman–Crippen LogP) is 4.70. The maximum absolute atomic E-state index is 12.6. The van der Waals surface area contributed by atoms with Crippen molar-refractivity contribution in [1.82, 2.24) is 10.6 Å². The first-order valence-electron chi connectivity index (χ1n) is 12.0. The van der Waals surface area contributed by atoms with Crippen LogP contribution in [0.2, 0.25) is 0 Å². The highest BCUT2D eigenvalue weighted by Gasteiger charge is 2.30. The Kier molecular flexibility index (Phi) is 8.68. The second-order valence-corrected chi connectivity index (χ2v) is 8.93. The molecule has 3 unspecified atom stereocenters. The number of fused-ring (bicyclic) bond motifs is 3. The molecule has 0 bridgehead atoms. The predicted molar refractivity (Wildman–Crippen MR) is 131 cm³/mol. The minimum Gasteiger partial charge on any atom is -0.480 e. The van der Waals surface area contributed by atoms with Gasteiger partial charge in [0.05, 0.1) is 0 Å². The second kappa shape index (κ2) is 11.7. The summed E-state index contributed by atoms with van der Waals surface area (Å²) in [6.45, 7) is 5.83. The number of amides is 2. The van der Waals surface area contributed by atoms with Gasteiger partial charge in [0, 0.05) is 18.4 Å². The average Bonchev–Trinajstić information content (AvgIpc) is 3.14. The zero-order chi connectivity index (χ0) is 24.7. The van der Waals surface area contributed by atoms with E-state index in [4.69, 9.17) is 4.74 Å². The van der Waals surface area contributed by atoms with Crippen molar-refractivity contribution in [1.29, 1.82) is 0 Å². The Morgan fingerprint density at radius 3 is 2.09 bits per heavy atom. The molecule has 182 valence electrons. The van der Waals surface area contributed by atoms with Crippen molar-refractivity contribution in [3.8, 4) is 11.1 Å². The average molecular weight is 467 g/mol. The van der Waals surface area contributed by atoms with E-state index in [1.54, 1.807) is 6.92 Å². The zero-order valence-electron chi connectivity index (χ0n) is 20.0. The number of alkyl carbamates (subject to hydrolysis) is 1. The summed E-state index contributed by atoms with van der Waals surface area (Å²) in [4.78, 5) is 36.6. The number of rotatable bonds is 11. The largest absolute Gasteiger partial charge is 0.480 e. The van der Waals surface area contributed by atoms with Gasteiger partial charge in [0.15, 0.2) is 0 Å². The van der Waals surface area contributed by atoms with Gasteiger partial charge in [-0.05, 0) is 34.6 Å². The molecule has 0 fully saturated rings. The van der Waals surface area contributed by atoms with Crippen LogP contribution in [0.1, 0.15) is 63.5 Å². The Bertz CT molecular complexity index is 976. The van der Waals surface area contributed by atoms with Gasteiger partial charge in [-0.3, -0.25) is 4.79 Å². The molecular weight excluding hydrogens is 432 g/mol. The fourth-order valence-corrected chi connectivity index (χ4v) is 4.52. The Labute approximate surface area is 200 Å². The van der Waals surface area contributed by atoms with E-state index in [2.05, 4.69) is 34.9 Å². The highest BCUT2D eigenvalue weighted by Crippen LogP contribution is 2.44. The van der Waals surface area contributed by atoms with E-state index in [-0.39, 0.29) is 24.9 Å². The first-order valence-corrected chi connectivity index (χ1v) is 12.0. The number of benzene rings is 2. The molecule has 3 atom stereocenters. The SMILES string of the molecule is CCCC(CC(=O)NC(C(=O)O)C(C)CC)NC(=O)OCC1c2ccccc2-c2ccccc21. The Morgan fingerprint density at radius 2 is 1.56 bits per heavy atom. The summed E-state index contributed by atoms with van der Waals surface area (Å²) in [5.74, 6) is -1.69. The summed E-state index contributed by atoms with van der Waals surface area (Å²) >= 11 is 0. The van der Waals surface area contributed by atoms with Gasteiger partial charge >= 0.3 is 12.1 Å². The van der Waals surface area contributed by atoms with Crippen molar-refractivity contribution in [2.75, 3.05) is 6.61 Å². The summed E-state index contributed by atoms with van der Waals surface area (Å²) in [5.41, 5.74) is 4.57. The zero-order valence-corrected chi connectivity index (χ0v) is 20.0. The van der Waals surface area contributed by atoms with Crippen molar-refractivity contribution in [2.24, 2.45) is 5.92 Å². The van der Waals surface area contributed by atoms with Crippen LogP contribution in [0.3, 0.4) is 0 Å². The Morgan fingerprint density at radius 1 is 0.971 bits per heavy atom. The van der Waals surface area contributed by atoms with Crippen LogP contribution in [0.5, 0.6) is 0 Å². The smallest absolute Gasteiger partial charge is 0.407 e. The lowest BCUT2D eigenvalue weighted by atomic mass is 9.98. The summed E-state index contributed by atoms with van der Waals surface area (Å²) in [5, 5.41) is 14.8. The van der Waals surface area contributed by atoms with E-state index >= 15 is 0 Å². The standard InChI is InChI=1S/C27H34N2O5/c1-4-10-18(15-24(30)29-25(26(31)32)17(3)5-2)28-27(33)34-16-23-21-13-8-6-11-19(21)20-12-7-9-14-22(20)23/h6-9,11-14,17-18,23,25H,4-5,10,15-16H2,1-3H3,(H,28,33)(H,29,30)(H,31,32). The van der Waals surface area contributed by atoms with Crippen LogP contribution >= 0.6 is 0 Å². The molecule has 0 saturated heterocycles. The van der Waals surface area contributed by atoms with E-state index in [9.17, 15) is 19.5 Å². The quantitative estimate of drug-likeness (QED) is 0.445. The van der Waals surface area contributed by atoms with Crippen molar-refractivity contribution in [3.63, 3.8) is 0 Å². The van der Waals surface area contributed by atoms with Gasteiger partial charge in [0.1, 0.15) is 12.6 Å². The summed E-state index contributed by atoms with van der Waals surface area (Å²) in [7, 11) is 0. The molecule has 0 aromatic heterocycles. The number of carboxylic acids is 1. The third-order valence-corrected chi connectivity index (χ3v) is 6.53. The molecule has 1 aliphatic rings. The number of nitrogens with one attached hydrogen (secondary N) is 2. The molecular formula is C27H34N2O5. The van der Waals surface area contributed by atoms with Gasteiger partial charge in [-0.1, -0.05) is 82.1 Å². The number of carboxylic acid groups (broad SMARTS) is 1. The number of carbonyl (C=O) groups is 3. The van der Waals surface area contributed by atoms with Crippen LogP contribution in [0.15, 0.2) is 48.5 Å². The maximum Gasteiger partial charge on any atom is 0.407 e. The lowest BCUT2D eigenvalue weighted by Crippen LogP contribution is -2.47. The summed E-state index contributed by atoms with van der Waals surface area (Å²) in [6, 6.07) is 14.9. The van der Waals surface area contributed by atoms with Crippen LogP contribution in [-0.2, 0) is 14.3 Å². The van der Waals surface area contributed by atoms with Crippen LogP contribution in [0, 0.1) is 5.92 Å². The monoisotopic (exact) mass is 466 g/mol. The lowest BCUT2D eigenvalue weighted by molar-refractivity contribution is -0.143. The van der Waals surface area contributed by atoms with Crippen LogP contribution in [-0.4, -0.2) is 41.8 Å². The third kappa shape index (κ3) is 5.95. The molecule has 7 nitrogen and oxygen atoms in total. The molecule has 0 spiro atoms. The van der Waals surface area contributed by atoms with Crippen molar-refractivity contribution >= 4 is 18.0 Å². The molecule has 0 aliphatic heterocycles. The van der Waals surface area contributed by atoms with Crippen LogP contribution < -0.4 is 10.6 Å². The fraction of sp³-hybridized carbons (Fsp3) is 0.444. The summed E-state index contributed by atoms with van der Waals surface area (Å²) in [6.07, 6.45) is 1.39. The third-order valence-electron chi connectivity index (χ3n) is 6.53. The first-order chi connectivity index (χ1) is 16.3.